The normalized spacial score (nSPS) is 16.5. The summed E-state index contributed by atoms with van der Waals surface area (Å²) in [4.78, 5) is 1.88. The average molecular weight is 196 g/mol. The second-order valence-corrected chi connectivity index (χ2v) is 3.40. The van der Waals surface area contributed by atoms with Gasteiger partial charge < -0.3 is 15.1 Å². The third-order valence-corrected chi connectivity index (χ3v) is 2.05. The Hall–Kier alpha value is 0.170. The van der Waals surface area contributed by atoms with Crippen molar-refractivity contribution in [3.05, 3.63) is 0 Å². The Morgan fingerprint density at radius 1 is 1.25 bits per heavy atom. The van der Waals surface area contributed by atoms with Gasteiger partial charge in [0, 0.05) is 19.0 Å². The van der Waals surface area contributed by atoms with Crippen molar-refractivity contribution in [2.75, 3.05) is 26.0 Å². The van der Waals surface area contributed by atoms with Crippen molar-refractivity contribution in [2.45, 2.75) is 25.6 Å². The average Bonchev–Trinajstić information content (AvgIpc) is 2.03. The smallest absolute Gasteiger partial charge is 0.0802 e. The summed E-state index contributed by atoms with van der Waals surface area (Å²) in [6, 6.07) is 0. The molecule has 0 heterocycles. The Bertz CT molecular complexity index is 101. The first-order chi connectivity index (χ1) is 5.60. The van der Waals surface area contributed by atoms with E-state index < -0.39 is 6.10 Å². The van der Waals surface area contributed by atoms with Gasteiger partial charge in [-0.15, -0.1) is 11.6 Å². The van der Waals surface area contributed by atoms with E-state index in [1.165, 1.54) is 0 Å². The molecular formula is C8H18ClNO2. The lowest BCUT2D eigenvalue weighted by atomic mass is 10.2. The molecule has 0 aromatic carbocycles. The number of halogens is 1. The Morgan fingerprint density at radius 2 is 1.75 bits per heavy atom. The van der Waals surface area contributed by atoms with Gasteiger partial charge in [0.1, 0.15) is 0 Å². The van der Waals surface area contributed by atoms with E-state index in [9.17, 15) is 5.11 Å². The summed E-state index contributed by atoms with van der Waals surface area (Å²) in [6.07, 6.45) is -0.0698. The van der Waals surface area contributed by atoms with Crippen molar-refractivity contribution in [3.8, 4) is 0 Å². The minimum Gasteiger partial charge on any atom is -0.392 e. The predicted octanol–water partition coefficient (Wildman–Crippen LogP) is 0.289. The number of likely N-dealkylation sites (N-methyl/N-ethyl adjacent to an activating group) is 1. The molecule has 0 fully saturated rings. The summed E-state index contributed by atoms with van der Waals surface area (Å²) in [7, 11) is 1.86. The van der Waals surface area contributed by atoms with Crippen LogP contribution in [0.15, 0.2) is 0 Å². The zero-order valence-corrected chi connectivity index (χ0v) is 8.46. The molecule has 4 heteroatoms. The highest BCUT2D eigenvalue weighted by atomic mass is 35.5. The van der Waals surface area contributed by atoms with Crippen molar-refractivity contribution in [2.24, 2.45) is 0 Å². The minimum atomic E-state index is -0.499. The molecule has 74 valence electrons. The first-order valence-corrected chi connectivity index (χ1v) is 4.74. The van der Waals surface area contributed by atoms with E-state index in [-0.39, 0.29) is 12.0 Å². The number of aliphatic hydroxyl groups excluding tert-OH is 2. The van der Waals surface area contributed by atoms with Crippen molar-refractivity contribution in [3.63, 3.8) is 0 Å². The van der Waals surface area contributed by atoms with Gasteiger partial charge in [0.25, 0.3) is 0 Å². The molecule has 0 aliphatic rings. The van der Waals surface area contributed by atoms with Gasteiger partial charge in [0.15, 0.2) is 0 Å². The van der Waals surface area contributed by atoms with Gasteiger partial charge in [0.2, 0.25) is 0 Å². The maximum Gasteiger partial charge on any atom is 0.0802 e. The lowest BCUT2D eigenvalue weighted by Crippen LogP contribution is -2.35. The molecule has 0 aromatic rings. The lowest BCUT2D eigenvalue weighted by molar-refractivity contribution is 0.0898. The SMILES string of the molecule is CCC(O)CN(C)CC(O)CCl. The molecule has 12 heavy (non-hydrogen) atoms. The van der Waals surface area contributed by atoms with E-state index >= 15 is 0 Å². The van der Waals surface area contributed by atoms with Crippen LogP contribution in [0.4, 0.5) is 0 Å². The van der Waals surface area contributed by atoms with Crippen LogP contribution in [0.5, 0.6) is 0 Å². The van der Waals surface area contributed by atoms with E-state index in [0.29, 0.717) is 13.1 Å². The van der Waals surface area contributed by atoms with Crippen LogP contribution < -0.4 is 0 Å². The fourth-order valence-electron chi connectivity index (χ4n) is 0.972. The predicted molar refractivity (Wildman–Crippen MR) is 50.5 cm³/mol. The second kappa shape index (κ2) is 6.66. The number of nitrogens with zero attached hydrogens (tertiary/aromatic N) is 1. The molecule has 0 saturated carbocycles. The van der Waals surface area contributed by atoms with Crippen LogP contribution in [-0.2, 0) is 0 Å². The molecular weight excluding hydrogens is 178 g/mol. The number of hydrogen-bond donors (Lipinski definition) is 2. The monoisotopic (exact) mass is 195 g/mol. The van der Waals surface area contributed by atoms with Gasteiger partial charge in [-0.05, 0) is 13.5 Å². The van der Waals surface area contributed by atoms with Crippen molar-refractivity contribution in [1.29, 1.82) is 0 Å². The highest BCUT2D eigenvalue weighted by Gasteiger charge is 2.09. The zero-order chi connectivity index (χ0) is 9.56. The summed E-state index contributed by atoms with van der Waals surface area (Å²) in [5.41, 5.74) is 0. The molecule has 0 aliphatic heterocycles. The van der Waals surface area contributed by atoms with Crippen LogP contribution in [0, 0.1) is 0 Å². The third-order valence-electron chi connectivity index (χ3n) is 1.69. The van der Waals surface area contributed by atoms with E-state index in [0.717, 1.165) is 6.42 Å². The van der Waals surface area contributed by atoms with Crippen LogP contribution in [0.1, 0.15) is 13.3 Å². The van der Waals surface area contributed by atoms with E-state index in [1.807, 2.05) is 18.9 Å². The molecule has 0 bridgehead atoms. The highest BCUT2D eigenvalue weighted by Crippen LogP contribution is 1.96. The maximum absolute atomic E-state index is 9.26. The molecule has 2 atom stereocenters. The summed E-state index contributed by atoms with van der Waals surface area (Å²) in [5.74, 6) is 0.243. The van der Waals surface area contributed by atoms with Crippen LogP contribution in [-0.4, -0.2) is 53.3 Å². The summed E-state index contributed by atoms with van der Waals surface area (Å²) in [5, 5.41) is 18.4. The third kappa shape index (κ3) is 5.77. The highest BCUT2D eigenvalue weighted by molar-refractivity contribution is 6.18. The van der Waals surface area contributed by atoms with Crippen molar-refractivity contribution in [1.82, 2.24) is 4.90 Å². The largest absolute Gasteiger partial charge is 0.392 e. The molecule has 0 aliphatic carbocycles. The van der Waals surface area contributed by atoms with E-state index in [2.05, 4.69) is 0 Å². The van der Waals surface area contributed by atoms with Gasteiger partial charge in [0.05, 0.1) is 12.2 Å². The maximum atomic E-state index is 9.26. The quantitative estimate of drug-likeness (QED) is 0.599. The molecule has 3 nitrogen and oxygen atoms in total. The van der Waals surface area contributed by atoms with Crippen molar-refractivity contribution >= 4 is 11.6 Å². The molecule has 0 radical (unpaired) electrons. The first-order valence-electron chi connectivity index (χ1n) is 4.20. The molecule has 0 aromatic heterocycles. The van der Waals surface area contributed by atoms with Crippen molar-refractivity contribution < 1.29 is 10.2 Å². The minimum absolute atomic E-state index is 0.243. The van der Waals surface area contributed by atoms with Crippen LogP contribution in [0.2, 0.25) is 0 Å². The lowest BCUT2D eigenvalue weighted by Gasteiger charge is -2.21. The second-order valence-electron chi connectivity index (χ2n) is 3.09. The summed E-state index contributed by atoms with van der Waals surface area (Å²) >= 11 is 5.43. The van der Waals surface area contributed by atoms with Gasteiger partial charge in [-0.25, -0.2) is 0 Å². The Balaban J connectivity index is 3.51. The Morgan fingerprint density at radius 3 is 2.17 bits per heavy atom. The van der Waals surface area contributed by atoms with Gasteiger partial charge in [-0.1, -0.05) is 6.92 Å². The zero-order valence-electron chi connectivity index (χ0n) is 7.70. The van der Waals surface area contributed by atoms with E-state index in [1.54, 1.807) is 0 Å². The molecule has 2 unspecified atom stereocenters. The number of aliphatic hydroxyl groups is 2. The number of rotatable bonds is 6. The van der Waals surface area contributed by atoms with Gasteiger partial charge in [-0.3, -0.25) is 0 Å². The number of alkyl halides is 1. The fourth-order valence-corrected chi connectivity index (χ4v) is 1.07. The first kappa shape index (κ1) is 12.2. The Kier molecular flexibility index (Phi) is 6.76. The fraction of sp³-hybridized carbons (Fsp3) is 1.00. The summed E-state index contributed by atoms with van der Waals surface area (Å²) in [6.45, 7) is 3.03. The molecule has 0 saturated heterocycles. The molecule has 0 spiro atoms. The van der Waals surface area contributed by atoms with Gasteiger partial charge in [-0.2, -0.15) is 0 Å². The Labute approximate surface area is 78.9 Å². The summed E-state index contributed by atoms with van der Waals surface area (Å²) < 4.78 is 0. The number of hydrogen-bond acceptors (Lipinski definition) is 3. The van der Waals surface area contributed by atoms with Gasteiger partial charge >= 0.3 is 0 Å². The molecule has 0 amide bonds. The molecule has 2 N–H and O–H groups in total. The standard InChI is InChI=1S/C8H18ClNO2/c1-3-7(11)5-10(2)6-8(12)4-9/h7-8,11-12H,3-6H2,1-2H3. The molecule has 0 rings (SSSR count). The topological polar surface area (TPSA) is 43.7 Å². The van der Waals surface area contributed by atoms with Crippen LogP contribution >= 0.6 is 11.6 Å². The van der Waals surface area contributed by atoms with E-state index in [4.69, 9.17) is 16.7 Å². The van der Waals surface area contributed by atoms with Crippen LogP contribution in [0.3, 0.4) is 0 Å². The van der Waals surface area contributed by atoms with Crippen LogP contribution in [0.25, 0.3) is 0 Å².